The average Bonchev–Trinajstić information content (AvgIpc) is 2.75. The van der Waals surface area contributed by atoms with Crippen molar-refractivity contribution >= 4 is 15.9 Å². The highest BCUT2D eigenvalue weighted by Crippen LogP contribution is 2.21. The maximum atomic E-state index is 9.28. The second kappa shape index (κ2) is 5.63. The monoisotopic (exact) mass is 309 g/mol. The third-order valence-electron chi connectivity index (χ3n) is 2.82. The van der Waals surface area contributed by atoms with Crippen molar-refractivity contribution in [3.63, 3.8) is 0 Å². The first-order valence-corrected chi connectivity index (χ1v) is 6.69. The van der Waals surface area contributed by atoms with Gasteiger partial charge in [-0.15, -0.1) is 5.10 Å². The Morgan fingerprint density at radius 2 is 2.06 bits per heavy atom. The highest BCUT2D eigenvalue weighted by Gasteiger charge is 2.16. The molecular formula is C13H16BrN3O. The van der Waals surface area contributed by atoms with Crippen molar-refractivity contribution in [2.45, 2.75) is 32.9 Å². The van der Waals surface area contributed by atoms with Crippen LogP contribution in [0.15, 0.2) is 28.7 Å². The van der Waals surface area contributed by atoms with Crippen molar-refractivity contribution in [1.82, 2.24) is 15.0 Å². The minimum absolute atomic E-state index is 0.0660. The number of aliphatic hydroxyl groups is 1. The maximum absolute atomic E-state index is 9.28. The molecule has 4 nitrogen and oxygen atoms in total. The Hall–Kier alpha value is -1.20. The van der Waals surface area contributed by atoms with Crippen LogP contribution in [0.4, 0.5) is 0 Å². The molecule has 2 aromatic rings. The van der Waals surface area contributed by atoms with Crippen LogP contribution in [0.25, 0.3) is 0 Å². The molecule has 18 heavy (non-hydrogen) atoms. The summed E-state index contributed by atoms with van der Waals surface area (Å²) in [5.41, 5.74) is 2.80. The molecule has 0 fully saturated rings. The van der Waals surface area contributed by atoms with Crippen molar-refractivity contribution in [2.24, 2.45) is 0 Å². The third-order valence-corrected chi connectivity index (χ3v) is 3.60. The molecule has 0 radical (unpaired) electrons. The lowest BCUT2D eigenvalue weighted by Crippen LogP contribution is -2.09. The highest BCUT2D eigenvalue weighted by atomic mass is 79.9. The molecular weight excluding hydrogens is 294 g/mol. The molecule has 1 N–H and O–H groups in total. The Kier molecular flexibility index (Phi) is 4.14. The molecule has 0 aliphatic rings. The molecule has 0 aliphatic carbocycles. The Bertz CT molecular complexity index is 537. The maximum Gasteiger partial charge on any atom is 0.112 e. The fraction of sp³-hybridized carbons (Fsp3) is 0.385. The van der Waals surface area contributed by atoms with E-state index in [0.717, 1.165) is 15.7 Å². The molecule has 0 unspecified atom stereocenters. The van der Waals surface area contributed by atoms with E-state index in [2.05, 4.69) is 46.2 Å². The number of hydrogen-bond acceptors (Lipinski definition) is 3. The molecule has 1 aromatic heterocycles. The van der Waals surface area contributed by atoms with E-state index in [-0.39, 0.29) is 12.5 Å². The lowest BCUT2D eigenvalue weighted by Gasteiger charge is -2.11. The van der Waals surface area contributed by atoms with Crippen molar-refractivity contribution in [3.8, 4) is 0 Å². The number of hydrogen-bond donors (Lipinski definition) is 1. The van der Waals surface area contributed by atoms with Gasteiger partial charge in [0, 0.05) is 4.47 Å². The molecule has 5 heteroatoms. The van der Waals surface area contributed by atoms with Crippen molar-refractivity contribution in [2.75, 3.05) is 0 Å². The van der Waals surface area contributed by atoms with Gasteiger partial charge in [-0.2, -0.15) is 0 Å². The van der Waals surface area contributed by atoms with Gasteiger partial charge in [0.2, 0.25) is 0 Å². The van der Waals surface area contributed by atoms with Crippen molar-refractivity contribution < 1.29 is 5.11 Å². The van der Waals surface area contributed by atoms with Gasteiger partial charge in [-0.3, -0.25) is 0 Å². The molecule has 1 heterocycles. The predicted molar refractivity (Wildman–Crippen MR) is 73.3 cm³/mol. The van der Waals surface area contributed by atoms with Crippen LogP contribution in [-0.2, 0) is 13.2 Å². The van der Waals surface area contributed by atoms with E-state index in [0.29, 0.717) is 12.2 Å². The van der Waals surface area contributed by atoms with E-state index < -0.39 is 0 Å². The second-order valence-corrected chi connectivity index (χ2v) is 5.34. The summed E-state index contributed by atoms with van der Waals surface area (Å²) in [6.07, 6.45) is 0. The topological polar surface area (TPSA) is 50.9 Å². The summed E-state index contributed by atoms with van der Waals surface area (Å²) in [6.45, 7) is 4.74. The molecule has 0 spiro atoms. The zero-order chi connectivity index (χ0) is 13.1. The SMILES string of the molecule is CC(C)c1c(CO)nnn1Cc1ccccc1Br. The first-order chi connectivity index (χ1) is 8.63. The van der Waals surface area contributed by atoms with E-state index in [1.54, 1.807) is 0 Å². The van der Waals surface area contributed by atoms with Gasteiger partial charge >= 0.3 is 0 Å². The number of nitrogens with zero attached hydrogens (tertiary/aromatic N) is 3. The van der Waals surface area contributed by atoms with Gasteiger partial charge < -0.3 is 5.11 Å². The molecule has 0 amide bonds. The minimum atomic E-state index is -0.0660. The summed E-state index contributed by atoms with van der Waals surface area (Å²) in [5, 5.41) is 17.4. The van der Waals surface area contributed by atoms with Gasteiger partial charge in [-0.1, -0.05) is 53.2 Å². The Labute approximate surface area is 115 Å². The Balaban J connectivity index is 2.35. The van der Waals surface area contributed by atoms with E-state index in [9.17, 15) is 5.11 Å². The van der Waals surface area contributed by atoms with Crippen LogP contribution >= 0.6 is 15.9 Å². The Morgan fingerprint density at radius 3 is 2.67 bits per heavy atom. The van der Waals surface area contributed by atoms with Gasteiger partial charge in [0.1, 0.15) is 5.69 Å². The van der Waals surface area contributed by atoms with Crippen LogP contribution in [0.2, 0.25) is 0 Å². The zero-order valence-corrected chi connectivity index (χ0v) is 12.1. The van der Waals surface area contributed by atoms with Crippen molar-refractivity contribution in [3.05, 3.63) is 45.7 Å². The smallest absolute Gasteiger partial charge is 0.112 e. The van der Waals surface area contributed by atoms with E-state index >= 15 is 0 Å². The normalized spacial score (nSPS) is 11.2. The van der Waals surface area contributed by atoms with Crippen LogP contribution in [0.5, 0.6) is 0 Å². The van der Waals surface area contributed by atoms with Gasteiger partial charge in [0.15, 0.2) is 0 Å². The predicted octanol–water partition coefficient (Wildman–Crippen LogP) is 2.70. The summed E-state index contributed by atoms with van der Waals surface area (Å²) >= 11 is 3.53. The lowest BCUT2D eigenvalue weighted by atomic mass is 10.1. The Morgan fingerprint density at radius 1 is 1.33 bits per heavy atom. The van der Waals surface area contributed by atoms with Gasteiger partial charge in [-0.05, 0) is 17.5 Å². The highest BCUT2D eigenvalue weighted by molar-refractivity contribution is 9.10. The molecule has 2 rings (SSSR count). The summed E-state index contributed by atoms with van der Waals surface area (Å²) in [7, 11) is 0. The van der Waals surface area contributed by atoms with Crippen molar-refractivity contribution in [1.29, 1.82) is 0 Å². The first kappa shape index (κ1) is 13.2. The quantitative estimate of drug-likeness (QED) is 0.944. The minimum Gasteiger partial charge on any atom is -0.390 e. The molecule has 0 aliphatic heterocycles. The number of aromatic nitrogens is 3. The second-order valence-electron chi connectivity index (χ2n) is 4.48. The fourth-order valence-electron chi connectivity index (χ4n) is 2.01. The van der Waals surface area contributed by atoms with Gasteiger partial charge in [0.25, 0.3) is 0 Å². The molecule has 0 atom stereocenters. The van der Waals surface area contributed by atoms with Gasteiger partial charge in [0.05, 0.1) is 18.8 Å². The summed E-state index contributed by atoms with van der Waals surface area (Å²) < 4.78 is 2.91. The van der Waals surface area contributed by atoms with Crippen LogP contribution in [0.1, 0.15) is 36.7 Å². The summed E-state index contributed by atoms with van der Waals surface area (Å²) in [6, 6.07) is 8.04. The summed E-state index contributed by atoms with van der Waals surface area (Å²) in [4.78, 5) is 0. The molecule has 0 bridgehead atoms. The molecule has 0 saturated carbocycles. The third kappa shape index (κ3) is 2.62. The zero-order valence-electron chi connectivity index (χ0n) is 10.5. The van der Waals surface area contributed by atoms with E-state index in [4.69, 9.17) is 0 Å². The molecule has 1 aromatic carbocycles. The molecule has 96 valence electrons. The van der Waals surface area contributed by atoms with Crippen LogP contribution < -0.4 is 0 Å². The van der Waals surface area contributed by atoms with Crippen LogP contribution in [0, 0.1) is 0 Å². The summed E-state index contributed by atoms with van der Waals surface area (Å²) in [5.74, 6) is 0.282. The number of halogens is 1. The standard InChI is InChI=1S/C13H16BrN3O/c1-9(2)13-12(8-18)15-16-17(13)7-10-5-3-4-6-11(10)14/h3-6,9,18H,7-8H2,1-2H3. The van der Waals surface area contributed by atoms with E-state index in [1.807, 2.05) is 22.9 Å². The van der Waals surface area contributed by atoms with Gasteiger partial charge in [-0.25, -0.2) is 4.68 Å². The van der Waals surface area contributed by atoms with E-state index in [1.165, 1.54) is 0 Å². The lowest BCUT2D eigenvalue weighted by molar-refractivity contribution is 0.275. The van der Waals surface area contributed by atoms with Crippen LogP contribution in [0.3, 0.4) is 0 Å². The largest absolute Gasteiger partial charge is 0.390 e. The average molecular weight is 310 g/mol. The molecule has 0 saturated heterocycles. The first-order valence-electron chi connectivity index (χ1n) is 5.90. The fourth-order valence-corrected chi connectivity index (χ4v) is 2.42. The number of aliphatic hydroxyl groups excluding tert-OH is 1. The van der Waals surface area contributed by atoms with Crippen LogP contribution in [-0.4, -0.2) is 20.1 Å². The number of rotatable bonds is 4. The number of benzene rings is 1.